The number of aryl methyl sites for hydroxylation is 2. The average Bonchev–Trinajstić information content (AvgIpc) is 3.03. The number of nitrogens with zero attached hydrogens (tertiary/aromatic N) is 4. The van der Waals surface area contributed by atoms with Crippen molar-refractivity contribution < 1.29 is 0 Å². The van der Waals surface area contributed by atoms with Gasteiger partial charge in [0.05, 0.1) is 5.69 Å². The van der Waals surface area contributed by atoms with Crippen molar-refractivity contribution >= 4 is 5.82 Å². The van der Waals surface area contributed by atoms with Crippen LogP contribution in [0.1, 0.15) is 50.9 Å². The van der Waals surface area contributed by atoms with E-state index in [-0.39, 0.29) is 0 Å². The van der Waals surface area contributed by atoms with Crippen LogP contribution >= 0.6 is 0 Å². The smallest absolute Gasteiger partial charge is 0.148 e. The Labute approximate surface area is 121 Å². The molecule has 5 nitrogen and oxygen atoms in total. The lowest BCUT2D eigenvalue weighted by molar-refractivity contribution is 0.479. The van der Waals surface area contributed by atoms with E-state index >= 15 is 0 Å². The number of nitrogens with one attached hydrogen (secondary N) is 1. The third-order valence-corrected chi connectivity index (χ3v) is 3.61. The Morgan fingerprint density at radius 3 is 2.80 bits per heavy atom. The van der Waals surface area contributed by atoms with Gasteiger partial charge in [-0.3, -0.25) is 9.36 Å². The first kappa shape index (κ1) is 14.6. The average molecular weight is 275 g/mol. The van der Waals surface area contributed by atoms with Gasteiger partial charge < -0.3 is 5.32 Å². The quantitative estimate of drug-likeness (QED) is 0.842. The fraction of sp³-hybridized carbons (Fsp3) is 0.600. The van der Waals surface area contributed by atoms with Crippen LogP contribution in [0.2, 0.25) is 0 Å². The molecule has 2 aromatic rings. The Bertz CT molecular complexity index is 540. The summed E-state index contributed by atoms with van der Waals surface area (Å²) in [4.78, 5) is 0. The number of anilines is 1. The number of hydrogen-bond acceptors (Lipinski definition) is 3. The molecule has 2 aromatic heterocycles. The van der Waals surface area contributed by atoms with E-state index in [1.807, 2.05) is 21.6 Å². The molecule has 0 fully saturated rings. The summed E-state index contributed by atoms with van der Waals surface area (Å²) in [5.41, 5.74) is 2.32. The molecular formula is C15H25N5. The van der Waals surface area contributed by atoms with Crippen LogP contribution in [0, 0.1) is 6.92 Å². The molecule has 0 amide bonds. The molecule has 0 aliphatic heterocycles. The molecule has 0 spiro atoms. The van der Waals surface area contributed by atoms with Gasteiger partial charge in [0.1, 0.15) is 5.82 Å². The Hall–Kier alpha value is -1.78. The third-order valence-electron chi connectivity index (χ3n) is 3.61. The van der Waals surface area contributed by atoms with Gasteiger partial charge in [-0.2, -0.15) is 10.2 Å². The van der Waals surface area contributed by atoms with Crippen LogP contribution in [-0.2, 0) is 13.1 Å². The van der Waals surface area contributed by atoms with Crippen molar-refractivity contribution in [3.05, 3.63) is 29.7 Å². The molecule has 1 atom stereocenters. The lowest BCUT2D eigenvalue weighted by Crippen LogP contribution is -2.06. The van der Waals surface area contributed by atoms with Gasteiger partial charge in [-0.1, -0.05) is 13.8 Å². The topological polar surface area (TPSA) is 47.7 Å². The molecule has 0 aromatic carbocycles. The molecule has 0 aliphatic rings. The highest BCUT2D eigenvalue weighted by Crippen LogP contribution is 2.13. The first-order chi connectivity index (χ1) is 9.63. The van der Waals surface area contributed by atoms with Gasteiger partial charge in [-0.05, 0) is 26.7 Å². The predicted octanol–water partition coefficient (Wildman–Crippen LogP) is 3.38. The van der Waals surface area contributed by atoms with Crippen molar-refractivity contribution in [2.75, 3.05) is 5.32 Å². The standard InChI is InChI=1S/C15H25N5/c1-5-8-19-11-14(13(4)17-19)10-16-15-7-9-20(18-15)12(3)6-2/h7,9,11-12H,5-6,8,10H2,1-4H3,(H,16,18)/t12-/m0/s1. The fourth-order valence-corrected chi connectivity index (χ4v) is 2.13. The van der Waals surface area contributed by atoms with Gasteiger partial charge >= 0.3 is 0 Å². The van der Waals surface area contributed by atoms with Crippen LogP contribution in [-0.4, -0.2) is 19.6 Å². The maximum absolute atomic E-state index is 4.55. The fourth-order valence-electron chi connectivity index (χ4n) is 2.13. The number of rotatable bonds is 7. The largest absolute Gasteiger partial charge is 0.364 e. The van der Waals surface area contributed by atoms with E-state index in [0.717, 1.165) is 37.4 Å². The van der Waals surface area contributed by atoms with Crippen molar-refractivity contribution in [2.24, 2.45) is 0 Å². The second kappa shape index (κ2) is 6.59. The minimum Gasteiger partial charge on any atom is -0.364 e. The molecule has 20 heavy (non-hydrogen) atoms. The monoisotopic (exact) mass is 275 g/mol. The highest BCUT2D eigenvalue weighted by Gasteiger charge is 2.07. The molecule has 0 saturated heterocycles. The van der Waals surface area contributed by atoms with E-state index in [4.69, 9.17) is 0 Å². The second-order valence-corrected chi connectivity index (χ2v) is 5.29. The van der Waals surface area contributed by atoms with Crippen molar-refractivity contribution in [2.45, 2.75) is 59.7 Å². The zero-order valence-electron chi connectivity index (χ0n) is 12.9. The van der Waals surface area contributed by atoms with E-state index in [1.54, 1.807) is 0 Å². The van der Waals surface area contributed by atoms with Crippen molar-refractivity contribution in [3.63, 3.8) is 0 Å². The van der Waals surface area contributed by atoms with Crippen LogP contribution < -0.4 is 5.32 Å². The molecule has 0 saturated carbocycles. The summed E-state index contributed by atoms with van der Waals surface area (Å²) >= 11 is 0. The van der Waals surface area contributed by atoms with Crippen LogP contribution in [0.4, 0.5) is 5.82 Å². The Morgan fingerprint density at radius 2 is 2.10 bits per heavy atom. The third kappa shape index (κ3) is 3.40. The maximum Gasteiger partial charge on any atom is 0.148 e. The summed E-state index contributed by atoms with van der Waals surface area (Å²) in [6.07, 6.45) is 6.35. The van der Waals surface area contributed by atoms with E-state index in [0.29, 0.717) is 6.04 Å². The van der Waals surface area contributed by atoms with Crippen LogP contribution in [0.15, 0.2) is 18.5 Å². The highest BCUT2D eigenvalue weighted by molar-refractivity contribution is 5.34. The molecule has 1 N–H and O–H groups in total. The summed E-state index contributed by atoms with van der Waals surface area (Å²) in [6.45, 7) is 10.3. The summed E-state index contributed by atoms with van der Waals surface area (Å²) < 4.78 is 4.03. The molecule has 110 valence electrons. The van der Waals surface area contributed by atoms with Crippen molar-refractivity contribution in [3.8, 4) is 0 Å². The molecule has 0 bridgehead atoms. The molecule has 2 rings (SSSR count). The zero-order chi connectivity index (χ0) is 14.5. The summed E-state index contributed by atoms with van der Waals surface area (Å²) in [5.74, 6) is 0.924. The second-order valence-electron chi connectivity index (χ2n) is 5.29. The first-order valence-electron chi connectivity index (χ1n) is 7.46. The van der Waals surface area contributed by atoms with Gasteiger partial charge in [0.2, 0.25) is 0 Å². The first-order valence-corrected chi connectivity index (χ1v) is 7.46. The van der Waals surface area contributed by atoms with Crippen LogP contribution in [0.3, 0.4) is 0 Å². The lowest BCUT2D eigenvalue weighted by atomic mass is 10.2. The summed E-state index contributed by atoms with van der Waals surface area (Å²) in [5, 5.41) is 12.4. The van der Waals surface area contributed by atoms with Gasteiger partial charge in [0, 0.05) is 43.2 Å². The highest BCUT2D eigenvalue weighted by atomic mass is 15.3. The summed E-state index contributed by atoms with van der Waals surface area (Å²) in [7, 11) is 0. The molecule has 0 radical (unpaired) electrons. The van der Waals surface area contributed by atoms with Crippen LogP contribution in [0.25, 0.3) is 0 Å². The Balaban J connectivity index is 1.96. The molecule has 2 heterocycles. The Morgan fingerprint density at radius 1 is 1.30 bits per heavy atom. The van der Waals surface area contributed by atoms with Gasteiger partial charge in [-0.15, -0.1) is 0 Å². The number of aromatic nitrogens is 4. The predicted molar refractivity (Wildman–Crippen MR) is 81.8 cm³/mol. The molecule has 0 unspecified atom stereocenters. The van der Waals surface area contributed by atoms with Crippen molar-refractivity contribution in [1.82, 2.24) is 19.6 Å². The van der Waals surface area contributed by atoms with E-state index in [1.165, 1.54) is 5.56 Å². The normalized spacial score (nSPS) is 12.6. The number of hydrogen-bond donors (Lipinski definition) is 1. The van der Waals surface area contributed by atoms with E-state index < -0.39 is 0 Å². The SMILES string of the molecule is CCCn1cc(CNc2ccn([C@@H](C)CC)n2)c(C)n1. The van der Waals surface area contributed by atoms with Gasteiger partial charge in [-0.25, -0.2) is 0 Å². The van der Waals surface area contributed by atoms with E-state index in [2.05, 4.69) is 49.4 Å². The van der Waals surface area contributed by atoms with Gasteiger partial charge in [0.15, 0.2) is 0 Å². The van der Waals surface area contributed by atoms with Crippen LogP contribution in [0.5, 0.6) is 0 Å². The molecule has 5 heteroatoms. The van der Waals surface area contributed by atoms with Crippen molar-refractivity contribution in [1.29, 1.82) is 0 Å². The van der Waals surface area contributed by atoms with Gasteiger partial charge in [0.25, 0.3) is 0 Å². The summed E-state index contributed by atoms with van der Waals surface area (Å²) in [6, 6.07) is 2.47. The van der Waals surface area contributed by atoms with E-state index in [9.17, 15) is 0 Å². The lowest BCUT2D eigenvalue weighted by Gasteiger charge is -2.08. The molecular weight excluding hydrogens is 250 g/mol. The minimum absolute atomic E-state index is 0.444. The zero-order valence-corrected chi connectivity index (χ0v) is 12.9. The minimum atomic E-state index is 0.444. The maximum atomic E-state index is 4.55. The molecule has 0 aliphatic carbocycles. The Kier molecular flexibility index (Phi) is 4.82.